The Hall–Kier alpha value is -1.68. The number of rotatable bonds is 9. The van der Waals surface area contributed by atoms with Gasteiger partial charge < -0.3 is 14.8 Å². The van der Waals surface area contributed by atoms with E-state index < -0.39 is 28.7 Å². The maximum atomic E-state index is 14.7. The van der Waals surface area contributed by atoms with Crippen LogP contribution < -0.4 is 65.6 Å². The molecule has 1 unspecified atom stereocenters. The molecule has 0 aliphatic carbocycles. The first-order valence-electron chi connectivity index (χ1n) is 11.0. The summed E-state index contributed by atoms with van der Waals surface area (Å²) >= 11 is 0. The minimum absolute atomic E-state index is 0. The second-order valence-electron chi connectivity index (χ2n) is 7.86. The fourth-order valence-electron chi connectivity index (χ4n) is 3.41. The number of nitrogens with zero attached hydrogens (tertiary/aromatic N) is 4. The largest absolute Gasteiger partial charge is 1.00 e. The molecule has 8 nitrogen and oxygen atoms in total. The topological polar surface area (TPSA) is 100 Å². The molecule has 0 aromatic carbocycles. The van der Waals surface area contributed by atoms with E-state index in [-0.39, 0.29) is 92.8 Å². The van der Waals surface area contributed by atoms with Crippen molar-refractivity contribution in [3.05, 3.63) is 65.6 Å². The standard InChI is InChI=1S/C23H22F4N5O3S.K/c24-18-4-5-20(35-17-6-9-28-10-7-17)31-21(18)15-11-19(32-36(33)14-23(25,26)27)22(30-12-15)34-13-16-3-1-2-8-29-16;/h1-5,8,11-12,17,32H,6-7,9-10,13-14H2;/q-1;+1. The van der Waals surface area contributed by atoms with Gasteiger partial charge in [-0.15, -0.1) is 13.1 Å². The van der Waals surface area contributed by atoms with Gasteiger partial charge in [-0.2, -0.15) is 13.2 Å². The van der Waals surface area contributed by atoms with Crippen LogP contribution in [-0.4, -0.2) is 50.3 Å². The number of pyridine rings is 3. The Morgan fingerprint density at radius 3 is 2.62 bits per heavy atom. The van der Waals surface area contributed by atoms with E-state index in [4.69, 9.17) is 9.47 Å². The van der Waals surface area contributed by atoms with E-state index in [9.17, 15) is 21.8 Å². The Bertz CT molecular complexity index is 1200. The van der Waals surface area contributed by atoms with Crippen molar-refractivity contribution in [3.8, 4) is 23.0 Å². The molecule has 4 heterocycles. The SMILES string of the molecule is O=S(CC(F)(F)F)Nc1cc(-c2nc(OC3CC[N-]CC3)ccc2F)cnc1OCc1ccccn1.[K+]. The van der Waals surface area contributed by atoms with Gasteiger partial charge in [-0.3, -0.25) is 9.71 Å². The van der Waals surface area contributed by atoms with E-state index >= 15 is 0 Å². The first kappa shape index (κ1) is 29.9. The summed E-state index contributed by atoms with van der Waals surface area (Å²) in [4.78, 5) is 12.5. The molecule has 0 bridgehead atoms. The van der Waals surface area contributed by atoms with E-state index in [0.29, 0.717) is 18.8 Å². The predicted octanol–water partition coefficient (Wildman–Crippen LogP) is 1.81. The van der Waals surface area contributed by atoms with Crippen LogP contribution in [0.5, 0.6) is 11.8 Å². The molecule has 4 rings (SSSR count). The summed E-state index contributed by atoms with van der Waals surface area (Å²) < 4.78 is 78.8. The molecule has 14 heteroatoms. The number of hydrogen-bond acceptors (Lipinski definition) is 6. The Morgan fingerprint density at radius 2 is 1.92 bits per heavy atom. The quantitative estimate of drug-likeness (QED) is 0.315. The minimum Gasteiger partial charge on any atom is -0.662 e. The number of piperidine rings is 1. The summed E-state index contributed by atoms with van der Waals surface area (Å²) in [7, 11) is -2.54. The molecule has 192 valence electrons. The van der Waals surface area contributed by atoms with Gasteiger partial charge in [0.05, 0.1) is 11.8 Å². The average Bonchev–Trinajstić information content (AvgIpc) is 2.84. The zero-order valence-corrected chi connectivity index (χ0v) is 23.8. The van der Waals surface area contributed by atoms with Crippen LogP contribution in [0.4, 0.5) is 23.2 Å². The van der Waals surface area contributed by atoms with Gasteiger partial charge in [0.1, 0.15) is 40.5 Å². The number of ether oxygens (including phenoxy) is 2. The molecule has 1 aliphatic rings. The number of aromatic nitrogens is 3. The van der Waals surface area contributed by atoms with Crippen LogP contribution in [0.25, 0.3) is 16.6 Å². The Kier molecular flexibility index (Phi) is 11.2. The normalized spacial score (nSPS) is 14.9. The number of hydrogen-bond donors (Lipinski definition) is 1. The number of alkyl halides is 3. The first-order chi connectivity index (χ1) is 17.3. The second kappa shape index (κ2) is 13.9. The fraction of sp³-hybridized carbons (Fsp3) is 0.348. The number of halogens is 4. The number of nitrogens with one attached hydrogen (secondary N) is 1. The summed E-state index contributed by atoms with van der Waals surface area (Å²) in [6.07, 6.45) is -0.507. The zero-order valence-electron chi connectivity index (χ0n) is 19.9. The van der Waals surface area contributed by atoms with Crippen molar-refractivity contribution in [1.82, 2.24) is 15.0 Å². The smallest absolute Gasteiger partial charge is 0.662 e. The maximum absolute atomic E-state index is 14.7. The second-order valence-corrected chi connectivity index (χ2v) is 9.05. The third-order valence-corrected chi connectivity index (χ3v) is 6.09. The molecule has 1 aliphatic heterocycles. The van der Waals surface area contributed by atoms with Crippen LogP contribution in [0, 0.1) is 5.82 Å². The molecular formula is C23H22F4KN5O3S. The van der Waals surface area contributed by atoms with E-state index in [1.807, 2.05) is 0 Å². The molecule has 1 saturated heterocycles. The summed E-state index contributed by atoms with van der Waals surface area (Å²) in [6, 6.07) is 9.02. The Labute approximate surface area is 256 Å². The third kappa shape index (κ3) is 9.23. The summed E-state index contributed by atoms with van der Waals surface area (Å²) in [5.74, 6) is -2.21. The zero-order chi connectivity index (χ0) is 25.5. The van der Waals surface area contributed by atoms with Crippen LogP contribution in [-0.2, 0) is 17.6 Å². The molecule has 0 amide bonds. The van der Waals surface area contributed by atoms with Crippen LogP contribution in [0.15, 0.2) is 48.8 Å². The molecule has 1 N–H and O–H groups in total. The van der Waals surface area contributed by atoms with Gasteiger partial charge in [0, 0.05) is 24.0 Å². The Morgan fingerprint density at radius 1 is 1.14 bits per heavy atom. The Balaban J connectivity index is 0.00000380. The number of anilines is 1. The molecular weight excluding hydrogens is 541 g/mol. The van der Waals surface area contributed by atoms with Gasteiger partial charge in [-0.1, -0.05) is 6.07 Å². The van der Waals surface area contributed by atoms with Gasteiger partial charge >= 0.3 is 57.6 Å². The van der Waals surface area contributed by atoms with E-state index in [1.54, 1.807) is 24.4 Å². The van der Waals surface area contributed by atoms with Crippen LogP contribution >= 0.6 is 0 Å². The maximum Gasteiger partial charge on any atom is 1.00 e. The summed E-state index contributed by atoms with van der Waals surface area (Å²) in [5.41, 5.74) is 0.431. The van der Waals surface area contributed by atoms with Crippen molar-refractivity contribution in [2.24, 2.45) is 0 Å². The van der Waals surface area contributed by atoms with Crippen LogP contribution in [0.3, 0.4) is 0 Å². The molecule has 0 spiro atoms. The summed E-state index contributed by atoms with van der Waals surface area (Å²) in [5, 5.41) is 4.26. The predicted molar refractivity (Wildman–Crippen MR) is 125 cm³/mol. The molecule has 3 aromatic heterocycles. The van der Waals surface area contributed by atoms with Gasteiger partial charge in [0.2, 0.25) is 11.8 Å². The van der Waals surface area contributed by atoms with Crippen molar-refractivity contribution >= 4 is 16.7 Å². The van der Waals surface area contributed by atoms with Crippen LogP contribution in [0.1, 0.15) is 18.5 Å². The molecule has 3 aromatic rings. The average molecular weight is 564 g/mol. The van der Waals surface area contributed by atoms with Gasteiger partial charge in [-0.25, -0.2) is 18.6 Å². The minimum atomic E-state index is -4.66. The van der Waals surface area contributed by atoms with Gasteiger partial charge in [0.25, 0.3) is 0 Å². The van der Waals surface area contributed by atoms with E-state index in [2.05, 4.69) is 25.0 Å². The molecule has 1 fully saturated rings. The van der Waals surface area contributed by atoms with Gasteiger partial charge in [0.15, 0.2) is 0 Å². The monoisotopic (exact) mass is 563 g/mol. The summed E-state index contributed by atoms with van der Waals surface area (Å²) in [6.45, 7) is 1.30. The van der Waals surface area contributed by atoms with Crippen LogP contribution in [0.2, 0.25) is 0 Å². The van der Waals surface area contributed by atoms with E-state index in [0.717, 1.165) is 12.8 Å². The van der Waals surface area contributed by atoms with Crippen molar-refractivity contribution < 1.29 is 82.6 Å². The first-order valence-corrected chi connectivity index (χ1v) is 12.3. The molecule has 37 heavy (non-hydrogen) atoms. The third-order valence-electron chi connectivity index (χ3n) is 5.05. The van der Waals surface area contributed by atoms with Crippen molar-refractivity contribution in [3.63, 3.8) is 0 Å². The molecule has 1 atom stereocenters. The van der Waals surface area contributed by atoms with Crippen molar-refractivity contribution in [2.45, 2.75) is 31.7 Å². The molecule has 0 saturated carbocycles. The van der Waals surface area contributed by atoms with Crippen molar-refractivity contribution in [1.29, 1.82) is 0 Å². The van der Waals surface area contributed by atoms with Crippen molar-refractivity contribution in [2.75, 3.05) is 23.6 Å². The molecule has 0 radical (unpaired) electrons. The fourth-order valence-corrected chi connectivity index (χ4v) is 4.17. The van der Waals surface area contributed by atoms with Gasteiger partial charge in [-0.05, 0) is 37.1 Å². The van der Waals surface area contributed by atoms with E-state index in [1.165, 1.54) is 24.4 Å².